The van der Waals surface area contributed by atoms with Crippen LogP contribution >= 0.6 is 0 Å². The fourth-order valence-electron chi connectivity index (χ4n) is 2.68. The van der Waals surface area contributed by atoms with Crippen LogP contribution in [0.15, 0.2) is 12.3 Å². The topological polar surface area (TPSA) is 84.4 Å². The molecular weight excluding hydrogens is 304 g/mol. The van der Waals surface area contributed by atoms with Gasteiger partial charge in [-0.25, -0.2) is 13.4 Å². The predicted octanol–water partition coefficient (Wildman–Crippen LogP) is 0.796. The molecule has 0 saturated carbocycles. The highest BCUT2D eigenvalue weighted by atomic mass is 32.2. The van der Waals surface area contributed by atoms with Gasteiger partial charge in [-0.3, -0.25) is 0 Å². The number of hydrogen-bond acceptors (Lipinski definition) is 7. The fourth-order valence-corrected chi connectivity index (χ4v) is 4.19. The van der Waals surface area contributed by atoms with Gasteiger partial charge in [0, 0.05) is 51.7 Å². The van der Waals surface area contributed by atoms with Gasteiger partial charge in [0.2, 0.25) is 5.95 Å². The summed E-state index contributed by atoms with van der Waals surface area (Å²) < 4.78 is 28.9. The van der Waals surface area contributed by atoms with E-state index in [0.29, 0.717) is 25.7 Å². The van der Waals surface area contributed by atoms with Crippen LogP contribution in [-0.2, 0) is 14.6 Å². The Hall–Kier alpha value is -1.41. The van der Waals surface area contributed by atoms with Gasteiger partial charge in [0.15, 0.2) is 0 Å². The first-order valence-electron chi connectivity index (χ1n) is 7.29. The van der Waals surface area contributed by atoms with Crippen LogP contribution < -0.4 is 10.2 Å². The molecule has 0 unspecified atom stereocenters. The minimum absolute atomic E-state index is 0.156. The van der Waals surface area contributed by atoms with E-state index in [1.165, 1.54) is 6.26 Å². The first kappa shape index (κ1) is 17.0. The van der Waals surface area contributed by atoms with Crippen molar-refractivity contribution in [2.45, 2.75) is 12.8 Å². The molecule has 124 valence electrons. The second-order valence-corrected chi connectivity index (χ2v) is 8.31. The molecule has 8 heteroatoms. The number of hydrogen-bond donors (Lipinski definition) is 1. The zero-order valence-corrected chi connectivity index (χ0v) is 14.2. The zero-order valence-electron chi connectivity index (χ0n) is 13.4. The molecule has 2 rings (SSSR count). The Labute approximate surface area is 132 Å². The Morgan fingerprint density at radius 1 is 1.36 bits per heavy atom. The van der Waals surface area contributed by atoms with Crippen LogP contribution in [0, 0.1) is 5.41 Å². The molecule has 1 aromatic rings. The molecule has 0 spiro atoms. The molecule has 0 bridgehead atoms. The number of nitrogens with one attached hydrogen (secondary N) is 1. The van der Waals surface area contributed by atoms with Crippen LogP contribution in [0.1, 0.15) is 12.8 Å². The molecule has 1 fully saturated rings. The molecule has 1 saturated heterocycles. The minimum Gasteiger partial charge on any atom is -0.381 e. The SMILES string of the molecule is CN(C)c1ccnc(NCC2(CS(C)(=O)=O)CCOCC2)n1. The summed E-state index contributed by atoms with van der Waals surface area (Å²) in [5, 5.41) is 3.20. The molecule has 0 atom stereocenters. The summed E-state index contributed by atoms with van der Waals surface area (Å²) in [6.07, 6.45) is 4.42. The highest BCUT2D eigenvalue weighted by molar-refractivity contribution is 7.90. The first-order valence-corrected chi connectivity index (χ1v) is 9.35. The van der Waals surface area contributed by atoms with E-state index in [-0.39, 0.29) is 11.2 Å². The second kappa shape index (κ2) is 6.78. The lowest BCUT2D eigenvalue weighted by Gasteiger charge is -2.36. The summed E-state index contributed by atoms with van der Waals surface area (Å²) in [4.78, 5) is 10.5. The third-order valence-electron chi connectivity index (χ3n) is 3.84. The maximum Gasteiger partial charge on any atom is 0.224 e. The Bertz CT molecular complexity index is 598. The third kappa shape index (κ3) is 4.81. The van der Waals surface area contributed by atoms with Crippen molar-refractivity contribution in [1.82, 2.24) is 9.97 Å². The third-order valence-corrected chi connectivity index (χ3v) is 4.98. The van der Waals surface area contributed by atoms with E-state index in [0.717, 1.165) is 18.7 Å². The monoisotopic (exact) mass is 328 g/mol. The van der Waals surface area contributed by atoms with E-state index in [1.54, 1.807) is 6.20 Å². The highest BCUT2D eigenvalue weighted by Gasteiger charge is 2.36. The Morgan fingerprint density at radius 3 is 2.64 bits per heavy atom. The maximum absolute atomic E-state index is 11.8. The van der Waals surface area contributed by atoms with Crippen molar-refractivity contribution in [3.8, 4) is 0 Å². The summed E-state index contributed by atoms with van der Waals surface area (Å²) in [6, 6.07) is 1.83. The summed E-state index contributed by atoms with van der Waals surface area (Å²) >= 11 is 0. The Kier molecular flexibility index (Phi) is 5.23. The average molecular weight is 328 g/mol. The van der Waals surface area contributed by atoms with Gasteiger partial charge < -0.3 is 15.0 Å². The lowest BCUT2D eigenvalue weighted by molar-refractivity contribution is 0.0314. The number of anilines is 2. The van der Waals surface area contributed by atoms with Crippen LogP contribution in [0.25, 0.3) is 0 Å². The van der Waals surface area contributed by atoms with Crippen molar-refractivity contribution in [3.63, 3.8) is 0 Å². The molecule has 1 aliphatic heterocycles. The highest BCUT2D eigenvalue weighted by Crippen LogP contribution is 2.32. The van der Waals surface area contributed by atoms with Gasteiger partial charge in [-0.15, -0.1) is 0 Å². The van der Waals surface area contributed by atoms with Gasteiger partial charge in [-0.05, 0) is 18.9 Å². The van der Waals surface area contributed by atoms with Crippen molar-refractivity contribution in [2.24, 2.45) is 5.41 Å². The molecule has 0 aromatic carbocycles. The lowest BCUT2D eigenvalue weighted by Crippen LogP contribution is -2.41. The standard InChI is InChI=1S/C14H24N4O3S/c1-18(2)12-4-7-15-13(17-12)16-10-14(11-22(3,19)20)5-8-21-9-6-14/h4,7H,5-6,8-11H2,1-3H3,(H,15,16,17). The predicted molar refractivity (Wildman–Crippen MR) is 87.0 cm³/mol. The summed E-state index contributed by atoms with van der Waals surface area (Å²) in [5.74, 6) is 1.48. The van der Waals surface area contributed by atoms with Gasteiger partial charge in [0.05, 0.1) is 5.75 Å². The van der Waals surface area contributed by atoms with Gasteiger partial charge in [-0.1, -0.05) is 0 Å². The van der Waals surface area contributed by atoms with Gasteiger partial charge in [-0.2, -0.15) is 4.98 Å². The summed E-state index contributed by atoms with van der Waals surface area (Å²) in [6.45, 7) is 1.71. The molecule has 0 amide bonds. The first-order chi connectivity index (χ1) is 10.3. The number of rotatable bonds is 6. The van der Waals surface area contributed by atoms with Crippen molar-refractivity contribution in [3.05, 3.63) is 12.3 Å². The van der Waals surface area contributed by atoms with Crippen LogP contribution in [0.2, 0.25) is 0 Å². The van der Waals surface area contributed by atoms with Gasteiger partial charge in [0.25, 0.3) is 0 Å². The van der Waals surface area contributed by atoms with Crippen molar-refractivity contribution >= 4 is 21.6 Å². The van der Waals surface area contributed by atoms with Crippen molar-refractivity contribution < 1.29 is 13.2 Å². The molecule has 1 N–H and O–H groups in total. The minimum atomic E-state index is -3.05. The number of aromatic nitrogens is 2. The van der Waals surface area contributed by atoms with E-state index >= 15 is 0 Å². The largest absolute Gasteiger partial charge is 0.381 e. The smallest absolute Gasteiger partial charge is 0.224 e. The van der Waals surface area contributed by atoms with Crippen molar-refractivity contribution in [1.29, 1.82) is 0 Å². The normalized spacial score (nSPS) is 18.0. The number of nitrogens with zero attached hydrogens (tertiary/aromatic N) is 3. The van der Waals surface area contributed by atoms with Gasteiger partial charge >= 0.3 is 0 Å². The number of ether oxygens (including phenoxy) is 1. The molecule has 22 heavy (non-hydrogen) atoms. The average Bonchev–Trinajstić information content (AvgIpc) is 2.45. The van der Waals surface area contributed by atoms with E-state index in [9.17, 15) is 8.42 Å². The Morgan fingerprint density at radius 2 is 2.05 bits per heavy atom. The Balaban J connectivity index is 2.09. The molecule has 0 radical (unpaired) electrons. The van der Waals surface area contributed by atoms with E-state index < -0.39 is 9.84 Å². The lowest BCUT2D eigenvalue weighted by atomic mass is 9.82. The molecule has 7 nitrogen and oxygen atoms in total. The van der Waals surface area contributed by atoms with Crippen LogP contribution in [0.5, 0.6) is 0 Å². The maximum atomic E-state index is 11.8. The van der Waals surface area contributed by atoms with E-state index in [4.69, 9.17) is 4.74 Å². The fraction of sp³-hybridized carbons (Fsp3) is 0.714. The van der Waals surface area contributed by atoms with Crippen LogP contribution in [0.4, 0.5) is 11.8 Å². The summed E-state index contributed by atoms with van der Waals surface area (Å²) in [7, 11) is 0.772. The van der Waals surface area contributed by atoms with Crippen LogP contribution in [-0.4, -0.2) is 64.2 Å². The zero-order chi connectivity index (χ0) is 16.2. The summed E-state index contributed by atoms with van der Waals surface area (Å²) in [5.41, 5.74) is -0.316. The van der Waals surface area contributed by atoms with Crippen molar-refractivity contribution in [2.75, 3.05) is 56.1 Å². The second-order valence-electron chi connectivity index (χ2n) is 6.17. The van der Waals surface area contributed by atoms with Gasteiger partial charge in [0.1, 0.15) is 15.7 Å². The molecule has 1 aromatic heterocycles. The van der Waals surface area contributed by atoms with E-state index in [1.807, 2.05) is 25.1 Å². The quantitative estimate of drug-likeness (QED) is 0.826. The molecule has 1 aliphatic rings. The molecular formula is C14H24N4O3S. The van der Waals surface area contributed by atoms with E-state index in [2.05, 4.69) is 15.3 Å². The molecule has 0 aliphatic carbocycles. The number of sulfone groups is 1. The van der Waals surface area contributed by atoms with Crippen LogP contribution in [0.3, 0.4) is 0 Å². The molecule has 2 heterocycles.